The molecule has 0 fully saturated rings. The van der Waals surface area contributed by atoms with Crippen LogP contribution in [0.1, 0.15) is 70.6 Å². The van der Waals surface area contributed by atoms with Crippen LogP contribution in [0.2, 0.25) is 0 Å². The standard InChI is InChI=1S/C30H41NO/c1-10-13-25(11-2)29(23(6)32-9)31-22(5)26-16-15-24(18-26)19-27-20-28(17-14-21(27)4)30(7,8)12-3/h11,13-17,20,31H,2,5,10,12,18-19H2,1,3-4,6-9H3/b25-13-,29-23-. The Kier molecular flexibility index (Phi) is 8.95. The number of hydrogen-bond acceptors (Lipinski definition) is 2. The quantitative estimate of drug-likeness (QED) is 0.283. The minimum atomic E-state index is 0.199. The number of benzene rings is 1. The van der Waals surface area contributed by atoms with Gasteiger partial charge in [0.25, 0.3) is 0 Å². The monoisotopic (exact) mass is 431 g/mol. The van der Waals surface area contributed by atoms with E-state index >= 15 is 0 Å². The molecule has 1 aromatic carbocycles. The maximum absolute atomic E-state index is 5.52. The van der Waals surface area contributed by atoms with Crippen LogP contribution in [-0.4, -0.2) is 7.11 Å². The molecule has 0 radical (unpaired) electrons. The van der Waals surface area contributed by atoms with Gasteiger partial charge in [-0.25, -0.2) is 0 Å². The maximum atomic E-state index is 5.52. The minimum absolute atomic E-state index is 0.199. The summed E-state index contributed by atoms with van der Waals surface area (Å²) >= 11 is 0. The Hall–Kier alpha value is -2.74. The van der Waals surface area contributed by atoms with Crippen LogP contribution in [0.25, 0.3) is 0 Å². The second-order valence-corrected chi connectivity index (χ2v) is 9.26. The molecule has 0 aromatic heterocycles. The summed E-state index contributed by atoms with van der Waals surface area (Å²) in [5, 5.41) is 3.50. The third-order valence-corrected chi connectivity index (χ3v) is 6.62. The van der Waals surface area contributed by atoms with E-state index in [0.717, 1.165) is 48.4 Å². The molecule has 0 spiro atoms. The van der Waals surface area contributed by atoms with Gasteiger partial charge in [0.2, 0.25) is 0 Å². The van der Waals surface area contributed by atoms with Gasteiger partial charge >= 0.3 is 0 Å². The van der Waals surface area contributed by atoms with E-state index in [2.05, 4.69) is 89.5 Å². The first-order chi connectivity index (χ1) is 15.2. The third-order valence-electron chi connectivity index (χ3n) is 6.62. The van der Waals surface area contributed by atoms with Gasteiger partial charge in [-0.1, -0.05) is 88.9 Å². The smallest absolute Gasteiger partial charge is 0.116 e. The van der Waals surface area contributed by atoms with Gasteiger partial charge in [0.1, 0.15) is 5.76 Å². The molecule has 0 bridgehead atoms. The number of hydrogen-bond donors (Lipinski definition) is 1. The predicted octanol–water partition coefficient (Wildman–Crippen LogP) is 7.99. The van der Waals surface area contributed by atoms with Crippen molar-refractivity contribution < 1.29 is 4.74 Å². The van der Waals surface area contributed by atoms with Gasteiger partial charge in [0.15, 0.2) is 0 Å². The highest BCUT2D eigenvalue weighted by Gasteiger charge is 2.20. The fourth-order valence-corrected chi connectivity index (χ4v) is 3.85. The lowest BCUT2D eigenvalue weighted by Gasteiger charge is -2.24. The molecule has 0 saturated heterocycles. The van der Waals surface area contributed by atoms with Crippen LogP contribution in [0.4, 0.5) is 0 Å². The number of aryl methyl sites for hydroxylation is 1. The molecule has 0 saturated carbocycles. The van der Waals surface area contributed by atoms with Crippen molar-refractivity contribution in [2.45, 2.75) is 72.6 Å². The first kappa shape index (κ1) is 25.5. The largest absolute Gasteiger partial charge is 0.499 e. The van der Waals surface area contributed by atoms with Gasteiger partial charge in [0.05, 0.1) is 12.8 Å². The Labute approximate surface area is 196 Å². The van der Waals surface area contributed by atoms with Crippen molar-refractivity contribution in [3.8, 4) is 0 Å². The molecule has 0 aliphatic heterocycles. The van der Waals surface area contributed by atoms with Crippen molar-refractivity contribution in [2.75, 3.05) is 7.11 Å². The van der Waals surface area contributed by atoms with Crippen LogP contribution in [-0.2, 0) is 16.6 Å². The summed E-state index contributed by atoms with van der Waals surface area (Å²) in [5.74, 6) is 0.823. The normalized spacial score (nSPS) is 15.0. The highest BCUT2D eigenvalue weighted by atomic mass is 16.5. The average molecular weight is 432 g/mol. The third kappa shape index (κ3) is 6.16. The second-order valence-electron chi connectivity index (χ2n) is 9.26. The molecule has 32 heavy (non-hydrogen) atoms. The highest BCUT2D eigenvalue weighted by Crippen LogP contribution is 2.32. The number of methoxy groups -OCH3 is 1. The summed E-state index contributed by atoms with van der Waals surface area (Å²) in [6.07, 6.45) is 12.4. The Morgan fingerprint density at radius 1 is 1.22 bits per heavy atom. The van der Waals surface area contributed by atoms with E-state index < -0.39 is 0 Å². The first-order valence-electron chi connectivity index (χ1n) is 11.7. The Balaban J connectivity index is 2.13. The average Bonchev–Trinajstić information content (AvgIpc) is 3.25. The van der Waals surface area contributed by atoms with E-state index in [1.165, 1.54) is 27.8 Å². The summed E-state index contributed by atoms with van der Waals surface area (Å²) in [6, 6.07) is 6.96. The van der Waals surface area contributed by atoms with Crippen LogP contribution in [0.5, 0.6) is 0 Å². The van der Waals surface area contributed by atoms with Crippen molar-refractivity contribution in [3.63, 3.8) is 0 Å². The molecule has 0 atom stereocenters. The van der Waals surface area contributed by atoms with E-state index in [1.54, 1.807) is 7.11 Å². The van der Waals surface area contributed by atoms with Crippen LogP contribution in [0.3, 0.4) is 0 Å². The van der Waals surface area contributed by atoms with Gasteiger partial charge in [-0.2, -0.15) is 0 Å². The summed E-state index contributed by atoms with van der Waals surface area (Å²) in [5.41, 5.74) is 9.88. The molecular formula is C30H41NO. The SMILES string of the molecule is C=CC(=C/CC)/C(NC(=C)C1=CC=C(Cc2cc(C(C)(C)CC)ccc2C)C1)=C(\C)OC. The molecule has 1 aliphatic rings. The van der Waals surface area contributed by atoms with Crippen molar-refractivity contribution in [3.05, 3.63) is 106 Å². The zero-order valence-corrected chi connectivity index (χ0v) is 21.2. The molecule has 1 aromatic rings. The van der Waals surface area contributed by atoms with E-state index in [0.29, 0.717) is 0 Å². The van der Waals surface area contributed by atoms with E-state index in [-0.39, 0.29) is 5.41 Å². The summed E-state index contributed by atoms with van der Waals surface area (Å²) in [7, 11) is 1.69. The molecule has 2 rings (SSSR count). The van der Waals surface area contributed by atoms with Gasteiger partial charge in [-0.05, 0) is 72.8 Å². The molecule has 1 N–H and O–H groups in total. The molecular weight excluding hydrogens is 390 g/mol. The van der Waals surface area contributed by atoms with Gasteiger partial charge in [-0.15, -0.1) is 0 Å². The first-order valence-corrected chi connectivity index (χ1v) is 11.7. The Morgan fingerprint density at radius 3 is 2.53 bits per heavy atom. The molecule has 1 aliphatic carbocycles. The van der Waals surface area contributed by atoms with E-state index in [9.17, 15) is 0 Å². The minimum Gasteiger partial charge on any atom is -0.499 e. The fraction of sp³-hybridized carbons (Fsp3) is 0.400. The highest BCUT2D eigenvalue weighted by molar-refractivity contribution is 5.48. The van der Waals surface area contributed by atoms with Crippen molar-refractivity contribution in [1.29, 1.82) is 0 Å². The van der Waals surface area contributed by atoms with Crippen LogP contribution < -0.4 is 5.32 Å². The lowest BCUT2D eigenvalue weighted by atomic mass is 9.80. The number of allylic oxidation sites excluding steroid dienone is 7. The van der Waals surface area contributed by atoms with Gasteiger partial charge < -0.3 is 10.1 Å². The van der Waals surface area contributed by atoms with Gasteiger partial charge in [0, 0.05) is 5.70 Å². The van der Waals surface area contributed by atoms with Crippen LogP contribution >= 0.6 is 0 Å². The van der Waals surface area contributed by atoms with Gasteiger partial charge in [-0.3, -0.25) is 0 Å². The van der Waals surface area contributed by atoms with Crippen molar-refractivity contribution in [1.82, 2.24) is 5.32 Å². The van der Waals surface area contributed by atoms with Crippen LogP contribution in [0, 0.1) is 6.92 Å². The lowest BCUT2D eigenvalue weighted by Crippen LogP contribution is -2.17. The summed E-state index contributed by atoms with van der Waals surface area (Å²) < 4.78 is 5.52. The number of rotatable bonds is 11. The topological polar surface area (TPSA) is 21.3 Å². The molecule has 0 heterocycles. The molecule has 0 unspecified atom stereocenters. The molecule has 2 heteroatoms. The zero-order chi connectivity index (χ0) is 23.9. The summed E-state index contributed by atoms with van der Waals surface area (Å²) in [6.45, 7) is 21.5. The summed E-state index contributed by atoms with van der Waals surface area (Å²) in [4.78, 5) is 0. The second kappa shape index (κ2) is 11.2. The van der Waals surface area contributed by atoms with Crippen molar-refractivity contribution in [2.24, 2.45) is 0 Å². The van der Waals surface area contributed by atoms with E-state index in [1.807, 2.05) is 13.0 Å². The number of nitrogens with one attached hydrogen (secondary N) is 1. The molecule has 172 valence electrons. The number of ether oxygens (including phenoxy) is 1. The van der Waals surface area contributed by atoms with Crippen molar-refractivity contribution >= 4 is 0 Å². The Morgan fingerprint density at radius 2 is 1.94 bits per heavy atom. The molecule has 2 nitrogen and oxygen atoms in total. The molecule has 0 amide bonds. The van der Waals surface area contributed by atoms with E-state index in [4.69, 9.17) is 4.74 Å². The fourth-order valence-electron chi connectivity index (χ4n) is 3.85. The predicted molar refractivity (Wildman–Crippen MR) is 140 cm³/mol. The Bertz CT molecular complexity index is 982. The zero-order valence-electron chi connectivity index (χ0n) is 21.2. The maximum Gasteiger partial charge on any atom is 0.116 e. The van der Waals surface area contributed by atoms with Crippen LogP contribution in [0.15, 0.2) is 89.5 Å². The lowest BCUT2D eigenvalue weighted by molar-refractivity contribution is 0.287.